The molecule has 0 saturated carbocycles. The van der Waals surface area contributed by atoms with Crippen LogP contribution < -0.4 is 5.73 Å². The van der Waals surface area contributed by atoms with Crippen molar-refractivity contribution in [3.63, 3.8) is 0 Å². The Bertz CT molecular complexity index is 464. The minimum Gasteiger partial charge on any atom is -0.444 e. The second kappa shape index (κ2) is 5.83. The van der Waals surface area contributed by atoms with Crippen LogP contribution in [0.3, 0.4) is 0 Å². The van der Waals surface area contributed by atoms with Crippen molar-refractivity contribution in [2.75, 3.05) is 13.1 Å². The smallest absolute Gasteiger partial charge is 0.410 e. The fraction of sp³-hybridized carbons (Fsp3) is 0.714. The SMILES string of the molecule is CC(C)(C)OC(=O)N1CCCC(n2cc(CN)cn2)C1. The first kappa shape index (κ1) is 14.8. The maximum atomic E-state index is 12.1. The third kappa shape index (κ3) is 3.72. The lowest BCUT2D eigenvalue weighted by atomic mass is 10.1. The molecule has 20 heavy (non-hydrogen) atoms. The average molecular weight is 280 g/mol. The number of aromatic nitrogens is 2. The van der Waals surface area contributed by atoms with Gasteiger partial charge in [-0.05, 0) is 33.6 Å². The maximum Gasteiger partial charge on any atom is 0.410 e. The van der Waals surface area contributed by atoms with E-state index in [0.29, 0.717) is 13.1 Å². The van der Waals surface area contributed by atoms with E-state index in [4.69, 9.17) is 10.5 Å². The molecule has 0 aliphatic carbocycles. The average Bonchev–Trinajstić information content (AvgIpc) is 2.85. The van der Waals surface area contributed by atoms with Crippen LogP contribution >= 0.6 is 0 Å². The molecule has 2 heterocycles. The van der Waals surface area contributed by atoms with Crippen LogP contribution in [0.2, 0.25) is 0 Å². The van der Waals surface area contributed by atoms with E-state index in [0.717, 1.165) is 24.9 Å². The van der Waals surface area contributed by atoms with E-state index in [1.54, 1.807) is 11.1 Å². The van der Waals surface area contributed by atoms with Crippen LogP contribution in [0.4, 0.5) is 4.79 Å². The Balaban J connectivity index is 1.99. The second-order valence-electron chi connectivity index (χ2n) is 6.26. The summed E-state index contributed by atoms with van der Waals surface area (Å²) in [7, 11) is 0. The quantitative estimate of drug-likeness (QED) is 0.898. The van der Waals surface area contributed by atoms with Crippen molar-refractivity contribution in [2.45, 2.75) is 51.8 Å². The zero-order valence-corrected chi connectivity index (χ0v) is 12.5. The summed E-state index contributed by atoms with van der Waals surface area (Å²) in [6.45, 7) is 7.52. The topological polar surface area (TPSA) is 73.4 Å². The highest BCUT2D eigenvalue weighted by molar-refractivity contribution is 5.68. The zero-order valence-electron chi connectivity index (χ0n) is 12.5. The normalized spacial score (nSPS) is 20.0. The molecule has 1 aromatic heterocycles. The molecule has 2 rings (SSSR count). The number of nitrogens with zero attached hydrogens (tertiary/aromatic N) is 3. The summed E-state index contributed by atoms with van der Waals surface area (Å²) in [5.41, 5.74) is 6.16. The number of carbonyl (C=O) groups excluding carboxylic acids is 1. The van der Waals surface area contributed by atoms with Crippen molar-refractivity contribution < 1.29 is 9.53 Å². The van der Waals surface area contributed by atoms with Gasteiger partial charge in [-0.3, -0.25) is 4.68 Å². The van der Waals surface area contributed by atoms with Crippen LogP contribution in [0.15, 0.2) is 12.4 Å². The number of likely N-dealkylation sites (tertiary alicyclic amines) is 1. The molecule has 6 nitrogen and oxygen atoms in total. The third-order valence-corrected chi connectivity index (χ3v) is 3.31. The number of ether oxygens (including phenoxy) is 1. The van der Waals surface area contributed by atoms with E-state index < -0.39 is 5.60 Å². The highest BCUT2D eigenvalue weighted by Gasteiger charge is 2.28. The predicted octanol–water partition coefficient (Wildman–Crippen LogP) is 1.91. The lowest BCUT2D eigenvalue weighted by Crippen LogP contribution is -2.43. The highest BCUT2D eigenvalue weighted by Crippen LogP contribution is 2.22. The summed E-state index contributed by atoms with van der Waals surface area (Å²) < 4.78 is 7.34. The van der Waals surface area contributed by atoms with E-state index in [9.17, 15) is 4.79 Å². The molecule has 6 heteroatoms. The highest BCUT2D eigenvalue weighted by atomic mass is 16.6. The van der Waals surface area contributed by atoms with Crippen molar-refractivity contribution in [1.29, 1.82) is 0 Å². The van der Waals surface area contributed by atoms with Crippen LogP contribution in [0.25, 0.3) is 0 Å². The molecule has 2 N–H and O–H groups in total. The van der Waals surface area contributed by atoms with Gasteiger partial charge < -0.3 is 15.4 Å². The molecule has 1 amide bonds. The first-order chi connectivity index (χ1) is 9.39. The predicted molar refractivity (Wildman–Crippen MR) is 76.2 cm³/mol. The maximum absolute atomic E-state index is 12.1. The first-order valence-electron chi connectivity index (χ1n) is 7.10. The first-order valence-corrected chi connectivity index (χ1v) is 7.10. The summed E-state index contributed by atoms with van der Waals surface area (Å²) in [6, 6.07) is 0.205. The molecule has 112 valence electrons. The number of amides is 1. The molecule has 0 aromatic carbocycles. The molecule has 0 radical (unpaired) electrons. The Morgan fingerprint density at radius 1 is 1.55 bits per heavy atom. The van der Waals surface area contributed by atoms with Crippen molar-refractivity contribution in [2.24, 2.45) is 5.73 Å². The van der Waals surface area contributed by atoms with Gasteiger partial charge in [-0.25, -0.2) is 4.79 Å². The monoisotopic (exact) mass is 280 g/mol. The van der Waals surface area contributed by atoms with Crippen LogP contribution in [0.5, 0.6) is 0 Å². The largest absolute Gasteiger partial charge is 0.444 e. The number of rotatable bonds is 2. The standard InChI is InChI=1S/C14H24N4O2/c1-14(2,3)20-13(19)17-6-4-5-12(10-17)18-9-11(7-15)8-16-18/h8-9,12H,4-7,10,15H2,1-3H3. The number of carbonyl (C=O) groups is 1. The zero-order chi connectivity index (χ0) is 14.8. The Labute approximate surface area is 119 Å². The van der Waals surface area contributed by atoms with Crippen LogP contribution in [-0.4, -0.2) is 39.5 Å². The van der Waals surface area contributed by atoms with Gasteiger partial charge in [0, 0.05) is 31.4 Å². The molecule has 0 bridgehead atoms. The molecular weight excluding hydrogens is 256 g/mol. The number of hydrogen-bond acceptors (Lipinski definition) is 4. The summed E-state index contributed by atoms with van der Waals surface area (Å²) >= 11 is 0. The van der Waals surface area contributed by atoms with Crippen LogP contribution in [-0.2, 0) is 11.3 Å². The molecule has 1 saturated heterocycles. The van der Waals surface area contributed by atoms with Gasteiger partial charge in [0.05, 0.1) is 12.2 Å². The van der Waals surface area contributed by atoms with Crippen molar-refractivity contribution >= 4 is 6.09 Å². The van der Waals surface area contributed by atoms with E-state index in [1.165, 1.54) is 0 Å². The lowest BCUT2D eigenvalue weighted by Gasteiger charge is -2.34. The molecule has 1 aliphatic heterocycles. The van der Waals surface area contributed by atoms with Gasteiger partial charge in [-0.2, -0.15) is 5.10 Å². The Hall–Kier alpha value is -1.56. The molecule has 1 aromatic rings. The third-order valence-electron chi connectivity index (χ3n) is 3.31. The van der Waals surface area contributed by atoms with Gasteiger partial charge in [0.2, 0.25) is 0 Å². The fourth-order valence-electron chi connectivity index (χ4n) is 2.35. The van der Waals surface area contributed by atoms with Gasteiger partial charge >= 0.3 is 6.09 Å². The summed E-state index contributed by atoms with van der Waals surface area (Å²) in [4.78, 5) is 13.9. The van der Waals surface area contributed by atoms with Gasteiger partial charge in [0.25, 0.3) is 0 Å². The summed E-state index contributed by atoms with van der Waals surface area (Å²) in [5.74, 6) is 0. The van der Waals surface area contributed by atoms with Crippen molar-refractivity contribution in [3.8, 4) is 0 Å². The lowest BCUT2D eigenvalue weighted by molar-refractivity contribution is 0.0167. The van der Waals surface area contributed by atoms with Gasteiger partial charge in [-0.15, -0.1) is 0 Å². The summed E-state index contributed by atoms with van der Waals surface area (Å²) in [5, 5.41) is 4.34. The number of piperidine rings is 1. The van der Waals surface area contributed by atoms with E-state index in [1.807, 2.05) is 31.6 Å². The van der Waals surface area contributed by atoms with E-state index >= 15 is 0 Å². The molecule has 0 spiro atoms. The summed E-state index contributed by atoms with van der Waals surface area (Å²) in [6.07, 6.45) is 5.48. The number of hydrogen-bond donors (Lipinski definition) is 1. The second-order valence-corrected chi connectivity index (χ2v) is 6.26. The molecule has 1 aliphatic rings. The van der Waals surface area contributed by atoms with Crippen molar-refractivity contribution in [3.05, 3.63) is 18.0 Å². The Morgan fingerprint density at radius 3 is 2.90 bits per heavy atom. The minimum atomic E-state index is -0.456. The molecule has 1 atom stereocenters. The van der Waals surface area contributed by atoms with Crippen LogP contribution in [0, 0.1) is 0 Å². The van der Waals surface area contributed by atoms with Gasteiger partial charge in [0.15, 0.2) is 0 Å². The van der Waals surface area contributed by atoms with Gasteiger partial charge in [-0.1, -0.05) is 0 Å². The van der Waals surface area contributed by atoms with Gasteiger partial charge in [0.1, 0.15) is 5.60 Å². The van der Waals surface area contributed by atoms with Crippen LogP contribution in [0.1, 0.15) is 45.2 Å². The fourth-order valence-corrected chi connectivity index (χ4v) is 2.35. The molecule has 1 unspecified atom stereocenters. The van der Waals surface area contributed by atoms with E-state index in [-0.39, 0.29) is 12.1 Å². The Morgan fingerprint density at radius 2 is 2.30 bits per heavy atom. The minimum absolute atomic E-state index is 0.205. The number of nitrogens with two attached hydrogens (primary N) is 1. The molecular formula is C14H24N4O2. The van der Waals surface area contributed by atoms with Crippen molar-refractivity contribution in [1.82, 2.24) is 14.7 Å². The van der Waals surface area contributed by atoms with E-state index in [2.05, 4.69) is 5.10 Å². The molecule has 1 fully saturated rings. The Kier molecular flexibility index (Phi) is 4.32.